The third kappa shape index (κ3) is 6.85. The number of carbonyl (C=O) groups is 3. The number of benzene rings is 2. The lowest BCUT2D eigenvalue weighted by molar-refractivity contribution is -0.120. The number of esters is 1. The summed E-state index contributed by atoms with van der Waals surface area (Å²) in [6.07, 6.45) is 5.36. The fourth-order valence-corrected chi connectivity index (χ4v) is 4.59. The number of anilines is 2. The third-order valence-electron chi connectivity index (χ3n) is 5.42. The molecule has 32 heavy (non-hydrogen) atoms. The van der Waals surface area contributed by atoms with Crippen molar-refractivity contribution in [3.8, 4) is 0 Å². The maximum absolute atomic E-state index is 12.6. The summed E-state index contributed by atoms with van der Waals surface area (Å²) >= 11 is 1.42. The highest BCUT2D eigenvalue weighted by Crippen LogP contribution is 2.28. The van der Waals surface area contributed by atoms with Crippen LogP contribution >= 0.6 is 11.8 Å². The lowest BCUT2D eigenvalue weighted by Gasteiger charge is -2.21. The Balaban J connectivity index is 1.54. The molecule has 0 saturated heterocycles. The number of ether oxygens (including phenoxy) is 1. The summed E-state index contributed by atoms with van der Waals surface area (Å²) < 4.78 is 4.97. The summed E-state index contributed by atoms with van der Waals surface area (Å²) in [6.45, 7) is 3.91. The molecule has 2 N–H and O–H groups in total. The van der Waals surface area contributed by atoms with Crippen LogP contribution in [-0.4, -0.2) is 29.6 Å². The average molecular weight is 455 g/mol. The average Bonchev–Trinajstić information content (AvgIpc) is 2.80. The summed E-state index contributed by atoms with van der Waals surface area (Å²) in [5.41, 5.74) is 1.82. The van der Waals surface area contributed by atoms with Gasteiger partial charge in [0.1, 0.15) is 0 Å². The molecule has 1 fully saturated rings. The van der Waals surface area contributed by atoms with Gasteiger partial charge in [0.25, 0.3) is 0 Å². The highest BCUT2D eigenvalue weighted by atomic mass is 32.2. The summed E-state index contributed by atoms with van der Waals surface area (Å²) in [4.78, 5) is 37.8. The molecule has 7 heteroatoms. The van der Waals surface area contributed by atoms with Gasteiger partial charge >= 0.3 is 5.97 Å². The van der Waals surface area contributed by atoms with E-state index in [1.807, 2.05) is 31.2 Å². The topological polar surface area (TPSA) is 84.5 Å². The van der Waals surface area contributed by atoms with Crippen LogP contribution in [0.5, 0.6) is 0 Å². The summed E-state index contributed by atoms with van der Waals surface area (Å²) in [5, 5.41) is 5.55. The molecule has 2 aromatic carbocycles. The second-order valence-electron chi connectivity index (χ2n) is 7.90. The molecule has 1 aliphatic carbocycles. The van der Waals surface area contributed by atoms with Crippen molar-refractivity contribution in [3.05, 3.63) is 54.1 Å². The molecule has 2 amide bonds. The Hall–Kier alpha value is -2.80. The predicted molar refractivity (Wildman–Crippen MR) is 128 cm³/mol. The van der Waals surface area contributed by atoms with E-state index in [9.17, 15) is 14.4 Å². The van der Waals surface area contributed by atoms with E-state index in [0.717, 1.165) is 36.3 Å². The van der Waals surface area contributed by atoms with Crippen LogP contribution in [0.15, 0.2) is 53.4 Å². The zero-order valence-electron chi connectivity index (χ0n) is 18.6. The Morgan fingerprint density at radius 1 is 1.00 bits per heavy atom. The van der Waals surface area contributed by atoms with Crippen LogP contribution in [-0.2, 0) is 14.3 Å². The van der Waals surface area contributed by atoms with E-state index in [-0.39, 0.29) is 29.0 Å². The first kappa shape index (κ1) is 23.9. The number of nitrogens with one attached hydrogen (secondary N) is 2. The third-order valence-corrected chi connectivity index (χ3v) is 6.52. The maximum Gasteiger partial charge on any atom is 0.338 e. The van der Waals surface area contributed by atoms with Gasteiger partial charge in [-0.25, -0.2) is 4.79 Å². The standard InChI is InChI=1S/C25H30N2O4S/c1-3-31-25(30)19-12-14-20(15-13-19)26-23(28)17(2)32-22-11-7-10-21(16-22)27-24(29)18-8-5-4-6-9-18/h7,10-18H,3-6,8-9H2,1-2H3,(H,26,28)(H,27,29). The highest BCUT2D eigenvalue weighted by Gasteiger charge is 2.21. The molecule has 2 aromatic rings. The van der Waals surface area contributed by atoms with Gasteiger partial charge in [0.05, 0.1) is 17.4 Å². The Bertz CT molecular complexity index is 939. The van der Waals surface area contributed by atoms with Crippen molar-refractivity contribution < 1.29 is 19.1 Å². The van der Waals surface area contributed by atoms with Gasteiger partial charge < -0.3 is 15.4 Å². The minimum atomic E-state index is -0.384. The lowest BCUT2D eigenvalue weighted by atomic mass is 9.88. The number of rotatable bonds is 8. The maximum atomic E-state index is 12.6. The van der Waals surface area contributed by atoms with Crippen molar-refractivity contribution in [2.75, 3.05) is 17.2 Å². The molecule has 0 spiro atoms. The van der Waals surface area contributed by atoms with Crippen molar-refractivity contribution in [3.63, 3.8) is 0 Å². The van der Waals surface area contributed by atoms with Gasteiger partial charge in [0.15, 0.2) is 0 Å². The summed E-state index contributed by atoms with van der Waals surface area (Å²) in [5.74, 6) is -0.343. The molecule has 1 unspecified atom stereocenters. The fourth-order valence-electron chi connectivity index (χ4n) is 3.66. The second kappa shape index (κ2) is 11.7. The zero-order valence-corrected chi connectivity index (χ0v) is 19.4. The Labute approximate surface area is 193 Å². The monoisotopic (exact) mass is 454 g/mol. The van der Waals surface area contributed by atoms with Crippen molar-refractivity contribution >= 4 is 40.9 Å². The van der Waals surface area contributed by atoms with Crippen molar-refractivity contribution in [2.24, 2.45) is 5.92 Å². The van der Waals surface area contributed by atoms with E-state index >= 15 is 0 Å². The number of carbonyl (C=O) groups excluding carboxylic acids is 3. The Morgan fingerprint density at radius 2 is 1.72 bits per heavy atom. The molecule has 0 heterocycles. The first-order valence-corrected chi connectivity index (χ1v) is 12.0. The van der Waals surface area contributed by atoms with Crippen LogP contribution in [0.1, 0.15) is 56.3 Å². The zero-order chi connectivity index (χ0) is 22.9. The van der Waals surface area contributed by atoms with E-state index in [0.29, 0.717) is 17.9 Å². The number of hydrogen-bond donors (Lipinski definition) is 2. The molecule has 6 nitrogen and oxygen atoms in total. The summed E-state index contributed by atoms with van der Waals surface area (Å²) in [6, 6.07) is 14.2. The van der Waals surface area contributed by atoms with Crippen LogP contribution in [0.25, 0.3) is 0 Å². The summed E-state index contributed by atoms with van der Waals surface area (Å²) in [7, 11) is 0. The SMILES string of the molecule is CCOC(=O)c1ccc(NC(=O)C(C)Sc2cccc(NC(=O)C3CCCCC3)c2)cc1. The van der Waals surface area contributed by atoms with Gasteiger partial charge in [0.2, 0.25) is 11.8 Å². The molecule has 1 aliphatic rings. The molecule has 0 bridgehead atoms. The van der Waals surface area contributed by atoms with Gasteiger partial charge in [-0.1, -0.05) is 25.3 Å². The molecule has 0 aromatic heterocycles. The van der Waals surface area contributed by atoms with Crippen LogP contribution in [0.4, 0.5) is 11.4 Å². The lowest BCUT2D eigenvalue weighted by Crippen LogP contribution is -2.24. The van der Waals surface area contributed by atoms with Crippen molar-refractivity contribution in [1.82, 2.24) is 0 Å². The van der Waals surface area contributed by atoms with E-state index in [1.54, 1.807) is 31.2 Å². The van der Waals surface area contributed by atoms with Gasteiger partial charge in [0, 0.05) is 22.2 Å². The predicted octanol–water partition coefficient (Wildman–Crippen LogP) is 5.50. The van der Waals surface area contributed by atoms with Crippen LogP contribution in [0.2, 0.25) is 0 Å². The molecule has 0 radical (unpaired) electrons. The first-order valence-electron chi connectivity index (χ1n) is 11.1. The van der Waals surface area contributed by atoms with Crippen LogP contribution in [0.3, 0.4) is 0 Å². The number of thioether (sulfide) groups is 1. The van der Waals surface area contributed by atoms with E-state index in [4.69, 9.17) is 4.74 Å². The molecule has 0 aliphatic heterocycles. The molecule has 170 valence electrons. The molecular weight excluding hydrogens is 424 g/mol. The smallest absolute Gasteiger partial charge is 0.338 e. The van der Waals surface area contributed by atoms with Gasteiger partial charge in [-0.3, -0.25) is 9.59 Å². The molecule has 3 rings (SSSR count). The first-order chi connectivity index (χ1) is 15.5. The van der Waals surface area contributed by atoms with Gasteiger partial charge in [-0.2, -0.15) is 0 Å². The quantitative estimate of drug-likeness (QED) is 0.406. The van der Waals surface area contributed by atoms with Crippen molar-refractivity contribution in [1.29, 1.82) is 0 Å². The fraction of sp³-hybridized carbons (Fsp3) is 0.400. The molecule has 1 saturated carbocycles. The normalized spacial score (nSPS) is 14.9. The number of amides is 2. The van der Waals surface area contributed by atoms with Crippen LogP contribution < -0.4 is 10.6 Å². The number of hydrogen-bond acceptors (Lipinski definition) is 5. The minimum absolute atomic E-state index is 0.0870. The molecule has 1 atom stereocenters. The van der Waals surface area contributed by atoms with E-state index < -0.39 is 0 Å². The Kier molecular flexibility index (Phi) is 8.73. The van der Waals surface area contributed by atoms with E-state index in [1.165, 1.54) is 18.2 Å². The molecular formula is C25H30N2O4S. The highest BCUT2D eigenvalue weighted by molar-refractivity contribution is 8.00. The second-order valence-corrected chi connectivity index (χ2v) is 9.31. The van der Waals surface area contributed by atoms with Crippen molar-refractivity contribution in [2.45, 2.75) is 56.1 Å². The van der Waals surface area contributed by atoms with E-state index in [2.05, 4.69) is 10.6 Å². The minimum Gasteiger partial charge on any atom is -0.462 e. The van der Waals surface area contributed by atoms with Crippen LogP contribution in [0, 0.1) is 5.92 Å². The Morgan fingerprint density at radius 3 is 2.41 bits per heavy atom. The largest absolute Gasteiger partial charge is 0.462 e. The van der Waals surface area contributed by atoms with Gasteiger partial charge in [-0.15, -0.1) is 11.8 Å². The van der Waals surface area contributed by atoms with Gasteiger partial charge in [-0.05, 0) is 69.2 Å².